The van der Waals surface area contributed by atoms with Gasteiger partial charge in [-0.15, -0.1) is 0 Å². The lowest BCUT2D eigenvalue weighted by molar-refractivity contribution is 0.413. The highest BCUT2D eigenvalue weighted by molar-refractivity contribution is 5.58. The molecular formula is C26H28FN5O2. The Morgan fingerprint density at radius 2 is 1.91 bits per heavy atom. The van der Waals surface area contributed by atoms with E-state index in [-0.39, 0.29) is 11.4 Å². The highest BCUT2D eigenvalue weighted by Crippen LogP contribution is 2.27. The van der Waals surface area contributed by atoms with Crippen molar-refractivity contribution in [2.45, 2.75) is 33.2 Å². The third kappa shape index (κ3) is 3.96. The van der Waals surface area contributed by atoms with E-state index >= 15 is 0 Å². The molecule has 0 fully saturated rings. The number of fused-ring (bicyclic) bond motifs is 1. The molecule has 1 unspecified atom stereocenters. The number of H-pyrrole nitrogens is 1. The number of nitrogens with zero attached hydrogens (tertiary/aromatic N) is 4. The Labute approximate surface area is 196 Å². The molecule has 8 heteroatoms. The molecule has 2 aromatic heterocycles. The van der Waals surface area contributed by atoms with Crippen molar-refractivity contribution in [2.75, 3.05) is 13.7 Å². The van der Waals surface area contributed by atoms with Gasteiger partial charge in [0.2, 0.25) is 5.62 Å². The number of rotatable bonds is 4. The first-order chi connectivity index (χ1) is 16.4. The molecule has 1 atom stereocenters. The van der Waals surface area contributed by atoms with Crippen molar-refractivity contribution >= 4 is 6.08 Å². The van der Waals surface area contributed by atoms with Crippen molar-refractivity contribution in [2.24, 2.45) is 4.99 Å². The second-order valence-electron chi connectivity index (χ2n) is 8.10. The summed E-state index contributed by atoms with van der Waals surface area (Å²) < 4.78 is 22.5. The van der Waals surface area contributed by atoms with Gasteiger partial charge in [0.05, 0.1) is 36.9 Å². The van der Waals surface area contributed by atoms with Crippen LogP contribution in [0.15, 0.2) is 64.8 Å². The highest BCUT2D eigenvalue weighted by atomic mass is 19.1. The van der Waals surface area contributed by atoms with Gasteiger partial charge in [-0.05, 0) is 55.3 Å². The summed E-state index contributed by atoms with van der Waals surface area (Å²) in [6.45, 7) is 8.27. The van der Waals surface area contributed by atoms with Gasteiger partial charge in [0, 0.05) is 6.20 Å². The molecule has 0 spiro atoms. The summed E-state index contributed by atoms with van der Waals surface area (Å²) >= 11 is 0. The smallest absolute Gasteiger partial charge is 0.277 e. The molecule has 0 aliphatic carbocycles. The molecule has 0 saturated carbocycles. The van der Waals surface area contributed by atoms with Gasteiger partial charge < -0.3 is 14.3 Å². The van der Waals surface area contributed by atoms with Crippen molar-refractivity contribution in [3.8, 4) is 11.4 Å². The molecule has 3 heterocycles. The fourth-order valence-electron chi connectivity index (χ4n) is 4.16. The van der Waals surface area contributed by atoms with Crippen molar-refractivity contribution in [1.29, 1.82) is 0 Å². The zero-order valence-corrected chi connectivity index (χ0v) is 20.0. The fourth-order valence-corrected chi connectivity index (χ4v) is 4.16. The van der Waals surface area contributed by atoms with E-state index in [1.165, 1.54) is 12.1 Å². The topological polar surface area (TPSA) is 77.2 Å². The lowest BCUT2D eigenvalue weighted by atomic mass is 9.92. The zero-order valence-electron chi connectivity index (χ0n) is 20.0. The van der Waals surface area contributed by atoms with Gasteiger partial charge in [0.25, 0.3) is 5.56 Å². The van der Waals surface area contributed by atoms with Crippen LogP contribution < -0.4 is 21.3 Å². The van der Waals surface area contributed by atoms with Crippen molar-refractivity contribution < 1.29 is 9.13 Å². The molecule has 7 nitrogen and oxygen atoms in total. The Morgan fingerprint density at radius 1 is 1.18 bits per heavy atom. The summed E-state index contributed by atoms with van der Waals surface area (Å²) in [6.07, 6.45) is 5.43. The van der Waals surface area contributed by atoms with Gasteiger partial charge in [0.1, 0.15) is 16.9 Å². The van der Waals surface area contributed by atoms with E-state index < -0.39 is 5.54 Å². The van der Waals surface area contributed by atoms with Gasteiger partial charge in [-0.2, -0.15) is 0 Å². The minimum absolute atomic E-state index is 0.179. The van der Waals surface area contributed by atoms with Crippen LogP contribution >= 0.6 is 0 Å². The van der Waals surface area contributed by atoms with Gasteiger partial charge >= 0.3 is 0 Å². The monoisotopic (exact) mass is 461 g/mol. The molecule has 2 aromatic carbocycles. The fraction of sp³-hybridized carbons (Fsp3) is 0.269. The molecule has 34 heavy (non-hydrogen) atoms. The second-order valence-corrected chi connectivity index (χ2v) is 8.10. The number of nitrogens with one attached hydrogen (secondary N) is 1. The SMILES string of the molecule is CC.COc1cc(/C=c2\[nH]c3n(c2=O)C(C)(c2ccc(F)cc2)CN=3)ccc1-n1cnc(C)c1. The number of benzene rings is 2. The Bertz CT molecular complexity index is 1500. The van der Waals surface area contributed by atoms with E-state index in [4.69, 9.17) is 4.74 Å². The summed E-state index contributed by atoms with van der Waals surface area (Å²) in [5.74, 6) is 0.349. The molecule has 4 aromatic rings. The normalized spacial score (nSPS) is 17.1. The standard InChI is InChI=1S/C24H22FN5O2.C2H6/c1-15-12-29(14-27-15)20-9-4-16(11-21(20)32-3)10-19-22(31)30-23(28-19)26-13-24(30,2)17-5-7-18(25)8-6-17;1-2/h4-12,14H,13H2,1-3H3,(H,26,28);1-2H3/b19-10-;. The van der Waals surface area contributed by atoms with Crippen LogP contribution in [0, 0.1) is 12.7 Å². The molecule has 1 aliphatic rings. The summed E-state index contributed by atoms with van der Waals surface area (Å²) in [5, 5.41) is 0.421. The predicted octanol–water partition coefficient (Wildman–Crippen LogP) is 3.07. The summed E-state index contributed by atoms with van der Waals surface area (Å²) in [4.78, 5) is 25.2. The maximum Gasteiger partial charge on any atom is 0.277 e. The largest absolute Gasteiger partial charge is 0.495 e. The minimum Gasteiger partial charge on any atom is -0.495 e. The quantitative estimate of drug-likeness (QED) is 0.508. The van der Waals surface area contributed by atoms with Crippen LogP contribution in [-0.4, -0.2) is 32.8 Å². The van der Waals surface area contributed by atoms with Crippen LogP contribution in [0.5, 0.6) is 5.75 Å². The van der Waals surface area contributed by atoms with Gasteiger partial charge in [-0.25, -0.2) is 14.4 Å². The third-order valence-corrected chi connectivity index (χ3v) is 5.89. The zero-order chi connectivity index (χ0) is 24.5. The number of hydrogen-bond donors (Lipinski definition) is 1. The minimum atomic E-state index is -0.677. The maximum atomic E-state index is 13.4. The van der Waals surface area contributed by atoms with E-state index in [2.05, 4.69) is 15.0 Å². The van der Waals surface area contributed by atoms with Crippen molar-refractivity contribution in [3.63, 3.8) is 0 Å². The van der Waals surface area contributed by atoms with Crippen LogP contribution in [0.3, 0.4) is 0 Å². The molecule has 1 N–H and O–H groups in total. The van der Waals surface area contributed by atoms with E-state index in [9.17, 15) is 9.18 Å². The number of ether oxygens (including phenoxy) is 1. The maximum absolute atomic E-state index is 13.4. The number of imidazole rings is 2. The highest BCUT2D eigenvalue weighted by Gasteiger charge is 2.35. The summed E-state index contributed by atoms with van der Waals surface area (Å²) in [7, 11) is 1.61. The van der Waals surface area contributed by atoms with Crippen molar-refractivity contribution in [1.82, 2.24) is 19.1 Å². The molecule has 0 radical (unpaired) electrons. The Balaban J connectivity index is 0.00000133. The number of halogens is 1. The van der Waals surface area contributed by atoms with Crippen LogP contribution in [0.2, 0.25) is 0 Å². The summed E-state index contributed by atoms with van der Waals surface area (Å²) in [5.41, 5.74) is 3.05. The number of aryl methyl sites for hydroxylation is 1. The second kappa shape index (κ2) is 9.13. The average Bonchev–Trinajstić information content (AvgIpc) is 3.52. The number of aromatic nitrogens is 4. The molecule has 0 amide bonds. The number of methoxy groups -OCH3 is 1. The lowest BCUT2D eigenvalue weighted by Gasteiger charge is -2.25. The molecule has 1 aliphatic heterocycles. The van der Waals surface area contributed by atoms with E-state index in [0.29, 0.717) is 23.3 Å². The number of hydrogen-bond acceptors (Lipinski definition) is 4. The predicted molar refractivity (Wildman–Crippen MR) is 130 cm³/mol. The van der Waals surface area contributed by atoms with Gasteiger partial charge in [-0.1, -0.05) is 32.0 Å². The Hall–Kier alpha value is -3.94. The Morgan fingerprint density at radius 3 is 2.56 bits per heavy atom. The van der Waals surface area contributed by atoms with E-state index in [0.717, 1.165) is 22.5 Å². The van der Waals surface area contributed by atoms with Crippen LogP contribution in [0.4, 0.5) is 4.39 Å². The molecular weight excluding hydrogens is 433 g/mol. The summed E-state index contributed by atoms with van der Waals surface area (Å²) in [6, 6.07) is 11.9. The molecule has 5 rings (SSSR count). The number of aromatic amines is 1. The van der Waals surface area contributed by atoms with Crippen LogP contribution in [-0.2, 0) is 5.54 Å². The first-order valence-electron chi connectivity index (χ1n) is 11.2. The first-order valence-corrected chi connectivity index (χ1v) is 11.2. The molecule has 0 saturated heterocycles. The lowest BCUT2D eigenvalue weighted by Crippen LogP contribution is -2.44. The van der Waals surface area contributed by atoms with E-state index in [1.54, 1.807) is 36.2 Å². The van der Waals surface area contributed by atoms with Crippen LogP contribution in [0.1, 0.15) is 37.6 Å². The van der Waals surface area contributed by atoms with Crippen LogP contribution in [0.25, 0.3) is 11.8 Å². The third-order valence-electron chi connectivity index (χ3n) is 5.89. The van der Waals surface area contributed by atoms with E-state index in [1.807, 2.05) is 56.7 Å². The first kappa shape index (κ1) is 23.2. The van der Waals surface area contributed by atoms with Crippen molar-refractivity contribution in [3.05, 3.63) is 98.9 Å². The molecule has 176 valence electrons. The van der Waals surface area contributed by atoms with Gasteiger partial charge in [-0.3, -0.25) is 9.36 Å². The molecule has 0 bridgehead atoms. The van der Waals surface area contributed by atoms with Gasteiger partial charge in [0.15, 0.2) is 0 Å². The average molecular weight is 462 g/mol. The Kier molecular flexibility index (Phi) is 6.24.